The molecular formula is C10H14O2. The molecule has 0 unspecified atom stereocenters. The highest BCUT2D eigenvalue weighted by Gasteiger charge is 2.40. The van der Waals surface area contributed by atoms with Crippen LogP contribution in [0.25, 0.3) is 0 Å². The molecule has 0 saturated carbocycles. The van der Waals surface area contributed by atoms with Gasteiger partial charge in [-0.15, -0.1) is 0 Å². The van der Waals surface area contributed by atoms with Crippen LogP contribution in [0.4, 0.5) is 0 Å². The van der Waals surface area contributed by atoms with Gasteiger partial charge in [0.25, 0.3) is 0 Å². The van der Waals surface area contributed by atoms with Crippen LogP contribution in [-0.2, 0) is 9.53 Å². The van der Waals surface area contributed by atoms with Crippen LogP contribution in [0.5, 0.6) is 0 Å². The fourth-order valence-corrected chi connectivity index (χ4v) is 2.21. The van der Waals surface area contributed by atoms with E-state index in [9.17, 15) is 4.79 Å². The average Bonchev–Trinajstić information content (AvgIpc) is 2.41. The molecule has 12 heavy (non-hydrogen) atoms. The normalized spacial score (nSPS) is 45.7. The first kappa shape index (κ1) is 7.84. The van der Waals surface area contributed by atoms with Crippen LogP contribution in [0, 0.1) is 23.7 Å². The number of rotatable bonds is 0. The fraction of sp³-hybridized carbons (Fsp3) is 0.700. The second-order valence-corrected chi connectivity index (χ2v) is 3.90. The van der Waals surface area contributed by atoms with Crippen molar-refractivity contribution in [1.82, 2.24) is 0 Å². The minimum Gasteiger partial charge on any atom is -0.465 e. The molecule has 1 heterocycles. The highest BCUT2D eigenvalue weighted by Crippen LogP contribution is 2.39. The highest BCUT2D eigenvalue weighted by molar-refractivity contribution is 5.73. The number of hydrogen-bond acceptors (Lipinski definition) is 2. The molecule has 0 bridgehead atoms. The monoisotopic (exact) mass is 166 g/mol. The first-order valence-corrected chi connectivity index (χ1v) is 4.55. The molecule has 66 valence electrons. The Morgan fingerprint density at radius 1 is 1.42 bits per heavy atom. The summed E-state index contributed by atoms with van der Waals surface area (Å²) in [5, 5.41) is 0. The van der Waals surface area contributed by atoms with Gasteiger partial charge in [0.05, 0.1) is 12.5 Å². The SMILES string of the molecule is C[C@@H]1C(=O)OC[C@H]2[C@@H]1C=C[C@@H]2C. The van der Waals surface area contributed by atoms with Crippen molar-refractivity contribution in [2.24, 2.45) is 23.7 Å². The Morgan fingerprint density at radius 2 is 2.17 bits per heavy atom. The van der Waals surface area contributed by atoms with E-state index in [1.54, 1.807) is 0 Å². The van der Waals surface area contributed by atoms with E-state index in [0.717, 1.165) is 0 Å². The molecule has 1 fully saturated rings. The van der Waals surface area contributed by atoms with Crippen molar-refractivity contribution in [3.63, 3.8) is 0 Å². The molecule has 1 saturated heterocycles. The molecule has 1 aliphatic carbocycles. The van der Waals surface area contributed by atoms with E-state index in [-0.39, 0.29) is 11.9 Å². The molecule has 0 radical (unpaired) electrons. The summed E-state index contributed by atoms with van der Waals surface area (Å²) < 4.78 is 5.10. The fourth-order valence-electron chi connectivity index (χ4n) is 2.21. The third kappa shape index (κ3) is 0.977. The van der Waals surface area contributed by atoms with Gasteiger partial charge >= 0.3 is 5.97 Å². The lowest BCUT2D eigenvalue weighted by atomic mass is 9.80. The topological polar surface area (TPSA) is 26.3 Å². The number of carbonyl (C=O) groups excluding carboxylic acids is 1. The zero-order chi connectivity index (χ0) is 8.72. The van der Waals surface area contributed by atoms with Crippen molar-refractivity contribution >= 4 is 5.97 Å². The highest BCUT2D eigenvalue weighted by atomic mass is 16.5. The van der Waals surface area contributed by atoms with Gasteiger partial charge in [0.15, 0.2) is 0 Å². The van der Waals surface area contributed by atoms with Gasteiger partial charge in [0.2, 0.25) is 0 Å². The molecule has 0 aromatic carbocycles. The number of esters is 1. The second-order valence-electron chi connectivity index (χ2n) is 3.90. The summed E-state index contributed by atoms with van der Waals surface area (Å²) in [4.78, 5) is 11.2. The van der Waals surface area contributed by atoms with E-state index in [0.29, 0.717) is 24.4 Å². The lowest BCUT2D eigenvalue weighted by molar-refractivity contribution is -0.158. The number of allylic oxidation sites excluding steroid dienone is 2. The molecular weight excluding hydrogens is 152 g/mol. The Morgan fingerprint density at radius 3 is 2.92 bits per heavy atom. The maximum atomic E-state index is 11.2. The number of carbonyl (C=O) groups is 1. The number of fused-ring (bicyclic) bond motifs is 1. The maximum Gasteiger partial charge on any atom is 0.309 e. The van der Waals surface area contributed by atoms with Gasteiger partial charge in [-0.3, -0.25) is 4.79 Å². The van der Waals surface area contributed by atoms with Crippen LogP contribution < -0.4 is 0 Å². The lowest BCUT2D eigenvalue weighted by Gasteiger charge is -2.31. The van der Waals surface area contributed by atoms with E-state index in [1.165, 1.54) is 0 Å². The zero-order valence-electron chi connectivity index (χ0n) is 7.49. The van der Waals surface area contributed by atoms with Crippen molar-refractivity contribution in [2.45, 2.75) is 13.8 Å². The van der Waals surface area contributed by atoms with Gasteiger partial charge in [0.1, 0.15) is 0 Å². The van der Waals surface area contributed by atoms with Crippen LogP contribution >= 0.6 is 0 Å². The van der Waals surface area contributed by atoms with Gasteiger partial charge < -0.3 is 4.74 Å². The van der Waals surface area contributed by atoms with E-state index < -0.39 is 0 Å². The molecule has 2 nitrogen and oxygen atoms in total. The summed E-state index contributed by atoms with van der Waals surface area (Å²) in [5.41, 5.74) is 0. The first-order valence-electron chi connectivity index (χ1n) is 4.55. The minimum atomic E-state index is -0.0324. The molecule has 0 aromatic rings. The smallest absolute Gasteiger partial charge is 0.309 e. The van der Waals surface area contributed by atoms with Crippen LogP contribution in [0.3, 0.4) is 0 Å². The molecule has 0 amide bonds. The number of ether oxygens (including phenoxy) is 1. The number of hydrogen-bond donors (Lipinski definition) is 0. The van der Waals surface area contributed by atoms with E-state index in [2.05, 4.69) is 19.1 Å². The van der Waals surface area contributed by atoms with Crippen LogP contribution in [0.15, 0.2) is 12.2 Å². The van der Waals surface area contributed by atoms with E-state index >= 15 is 0 Å². The molecule has 0 N–H and O–H groups in total. The molecule has 2 aliphatic rings. The van der Waals surface area contributed by atoms with Gasteiger partial charge in [0, 0.05) is 5.92 Å². The van der Waals surface area contributed by atoms with Crippen LogP contribution in [-0.4, -0.2) is 12.6 Å². The van der Waals surface area contributed by atoms with Crippen molar-refractivity contribution in [3.05, 3.63) is 12.2 Å². The molecule has 1 aliphatic heterocycles. The van der Waals surface area contributed by atoms with Crippen LogP contribution in [0.1, 0.15) is 13.8 Å². The Labute approximate surface area is 72.6 Å². The van der Waals surface area contributed by atoms with Gasteiger partial charge in [-0.2, -0.15) is 0 Å². The van der Waals surface area contributed by atoms with Crippen LogP contribution in [0.2, 0.25) is 0 Å². The zero-order valence-corrected chi connectivity index (χ0v) is 7.49. The molecule has 0 aromatic heterocycles. The van der Waals surface area contributed by atoms with Gasteiger partial charge in [-0.25, -0.2) is 0 Å². The first-order chi connectivity index (χ1) is 5.70. The Kier molecular flexibility index (Phi) is 1.71. The molecule has 2 rings (SSSR count). The van der Waals surface area contributed by atoms with E-state index in [1.807, 2.05) is 6.92 Å². The predicted octanol–water partition coefficient (Wildman–Crippen LogP) is 1.62. The van der Waals surface area contributed by atoms with Gasteiger partial charge in [-0.05, 0) is 11.8 Å². The Balaban J connectivity index is 2.19. The Hall–Kier alpha value is -0.790. The molecule has 4 atom stereocenters. The largest absolute Gasteiger partial charge is 0.465 e. The standard InChI is InChI=1S/C10H14O2/c1-6-3-4-8-7(2)10(11)12-5-9(6)8/h3-4,6-9H,5H2,1-2H3/t6-,7-,8+,9+/m0/s1. The summed E-state index contributed by atoms with van der Waals surface area (Å²) in [6, 6.07) is 0. The molecule has 0 spiro atoms. The maximum absolute atomic E-state index is 11.2. The lowest BCUT2D eigenvalue weighted by Crippen LogP contribution is -2.37. The quantitative estimate of drug-likeness (QED) is 0.404. The third-order valence-corrected chi connectivity index (χ3v) is 3.17. The second kappa shape index (κ2) is 2.61. The van der Waals surface area contributed by atoms with E-state index in [4.69, 9.17) is 4.74 Å². The predicted molar refractivity (Wildman–Crippen MR) is 45.4 cm³/mol. The van der Waals surface area contributed by atoms with Crippen molar-refractivity contribution in [2.75, 3.05) is 6.61 Å². The summed E-state index contributed by atoms with van der Waals surface area (Å²) in [7, 11) is 0. The summed E-state index contributed by atoms with van der Waals surface area (Å²) >= 11 is 0. The summed E-state index contributed by atoms with van der Waals surface area (Å²) in [6.07, 6.45) is 4.38. The summed E-state index contributed by atoms with van der Waals surface area (Å²) in [6.45, 7) is 4.76. The number of cyclic esters (lactones) is 1. The minimum absolute atomic E-state index is 0.0324. The van der Waals surface area contributed by atoms with Crippen molar-refractivity contribution in [1.29, 1.82) is 0 Å². The van der Waals surface area contributed by atoms with Crippen molar-refractivity contribution in [3.8, 4) is 0 Å². The van der Waals surface area contributed by atoms with Gasteiger partial charge in [-0.1, -0.05) is 26.0 Å². The van der Waals surface area contributed by atoms with Crippen molar-refractivity contribution < 1.29 is 9.53 Å². The summed E-state index contributed by atoms with van der Waals surface area (Å²) in [5.74, 6) is 1.57. The third-order valence-electron chi connectivity index (χ3n) is 3.17. The molecule has 2 heteroatoms. The Bertz CT molecular complexity index is 232. The average molecular weight is 166 g/mol.